The highest BCUT2D eigenvalue weighted by Gasteiger charge is 2.43. The van der Waals surface area contributed by atoms with Crippen LogP contribution in [0.4, 0.5) is 13.6 Å². The molecule has 2 aromatic rings. The van der Waals surface area contributed by atoms with Crippen LogP contribution in [-0.2, 0) is 11.3 Å². The average Bonchev–Trinajstić information content (AvgIpc) is 3.03. The Morgan fingerprint density at radius 1 is 1.03 bits per heavy atom. The molecule has 1 N–H and O–H groups in total. The number of halogens is 2. The molecular formula is C22H19F2N3O2. The summed E-state index contributed by atoms with van der Waals surface area (Å²) in [6.45, 7) is 4.49. The summed E-state index contributed by atoms with van der Waals surface area (Å²) in [7, 11) is 0. The fraction of sp³-hybridized carbons (Fsp3) is 0.182. The highest BCUT2D eigenvalue weighted by atomic mass is 19.1. The molecule has 0 fully saturated rings. The van der Waals surface area contributed by atoms with Crippen molar-refractivity contribution < 1.29 is 18.4 Å². The summed E-state index contributed by atoms with van der Waals surface area (Å²) in [6, 6.07) is 10.7. The zero-order valence-corrected chi connectivity index (χ0v) is 15.6. The largest absolute Gasteiger partial charge is 0.329 e. The molecule has 0 aliphatic carbocycles. The zero-order valence-electron chi connectivity index (χ0n) is 15.6. The molecule has 7 heteroatoms. The van der Waals surface area contributed by atoms with Gasteiger partial charge in [-0.15, -0.1) is 6.58 Å². The molecule has 2 heterocycles. The molecule has 148 valence electrons. The van der Waals surface area contributed by atoms with Crippen LogP contribution in [0.2, 0.25) is 0 Å². The first-order valence-electron chi connectivity index (χ1n) is 9.19. The van der Waals surface area contributed by atoms with E-state index in [0.29, 0.717) is 23.4 Å². The second-order valence-electron chi connectivity index (χ2n) is 6.98. The first-order chi connectivity index (χ1) is 14.0. The van der Waals surface area contributed by atoms with Crippen LogP contribution < -0.4 is 5.32 Å². The molecule has 0 bridgehead atoms. The maximum Gasteiger partial charge on any atom is 0.322 e. The van der Waals surface area contributed by atoms with Crippen LogP contribution in [0.15, 0.2) is 72.5 Å². The maximum absolute atomic E-state index is 13.3. The first kappa shape index (κ1) is 18.9. The van der Waals surface area contributed by atoms with Gasteiger partial charge in [-0.05, 0) is 35.4 Å². The first-order valence-corrected chi connectivity index (χ1v) is 9.19. The fourth-order valence-corrected chi connectivity index (χ4v) is 3.71. The van der Waals surface area contributed by atoms with Gasteiger partial charge in [0.25, 0.3) is 5.91 Å². The van der Waals surface area contributed by atoms with Crippen molar-refractivity contribution in [3.8, 4) is 0 Å². The molecule has 3 amide bonds. The number of nitrogens with one attached hydrogen (secondary N) is 1. The van der Waals surface area contributed by atoms with Gasteiger partial charge in [0.05, 0.1) is 23.9 Å². The lowest BCUT2D eigenvalue weighted by Crippen LogP contribution is -2.47. The number of carbonyl (C=O) groups is 2. The Morgan fingerprint density at radius 2 is 1.66 bits per heavy atom. The Balaban J connectivity index is 1.69. The van der Waals surface area contributed by atoms with Gasteiger partial charge in [-0.2, -0.15) is 0 Å². The number of nitrogens with zero attached hydrogens (tertiary/aromatic N) is 2. The lowest BCUT2D eigenvalue weighted by atomic mass is 9.95. The van der Waals surface area contributed by atoms with E-state index in [4.69, 9.17) is 0 Å². The Hall–Kier alpha value is -3.48. The number of urea groups is 1. The average molecular weight is 395 g/mol. The van der Waals surface area contributed by atoms with Gasteiger partial charge in [0.15, 0.2) is 0 Å². The highest BCUT2D eigenvalue weighted by Crippen LogP contribution is 2.36. The number of benzene rings is 2. The van der Waals surface area contributed by atoms with Crippen molar-refractivity contribution >= 4 is 11.9 Å². The van der Waals surface area contributed by atoms with Crippen molar-refractivity contribution in [3.05, 3.63) is 95.2 Å². The molecule has 0 radical (unpaired) electrons. The van der Waals surface area contributed by atoms with Crippen LogP contribution >= 0.6 is 0 Å². The van der Waals surface area contributed by atoms with E-state index in [0.717, 1.165) is 5.56 Å². The minimum atomic E-state index is -0.662. The van der Waals surface area contributed by atoms with E-state index in [1.54, 1.807) is 35.2 Å². The van der Waals surface area contributed by atoms with Crippen molar-refractivity contribution in [2.75, 3.05) is 13.1 Å². The van der Waals surface area contributed by atoms with E-state index in [2.05, 4.69) is 11.9 Å². The molecular weight excluding hydrogens is 376 g/mol. The molecule has 1 atom stereocenters. The summed E-state index contributed by atoms with van der Waals surface area (Å²) >= 11 is 0. The van der Waals surface area contributed by atoms with E-state index in [1.807, 2.05) is 0 Å². The number of carbonyl (C=O) groups excluding carboxylic acids is 2. The fourth-order valence-electron chi connectivity index (χ4n) is 3.71. The van der Waals surface area contributed by atoms with Crippen LogP contribution in [0.1, 0.15) is 17.2 Å². The van der Waals surface area contributed by atoms with Crippen LogP contribution in [-0.4, -0.2) is 34.8 Å². The van der Waals surface area contributed by atoms with E-state index in [9.17, 15) is 18.4 Å². The Bertz CT molecular complexity index is 1000. The third kappa shape index (κ3) is 3.51. The van der Waals surface area contributed by atoms with Crippen LogP contribution in [0, 0.1) is 11.6 Å². The zero-order chi connectivity index (χ0) is 20.5. The Labute approximate surface area is 166 Å². The summed E-state index contributed by atoms with van der Waals surface area (Å²) in [6.07, 6.45) is 1.59. The predicted molar refractivity (Wildman–Crippen MR) is 103 cm³/mol. The smallest absolute Gasteiger partial charge is 0.322 e. The summed E-state index contributed by atoms with van der Waals surface area (Å²) in [5.74, 6) is -0.955. The van der Waals surface area contributed by atoms with Gasteiger partial charge in [-0.25, -0.2) is 13.6 Å². The molecule has 0 saturated heterocycles. The molecule has 1 unspecified atom stereocenters. The van der Waals surface area contributed by atoms with Gasteiger partial charge in [0, 0.05) is 13.1 Å². The monoisotopic (exact) mass is 395 g/mol. The van der Waals surface area contributed by atoms with Crippen LogP contribution in [0.3, 0.4) is 0 Å². The van der Waals surface area contributed by atoms with Gasteiger partial charge in [0.1, 0.15) is 11.6 Å². The minimum absolute atomic E-state index is 0.215. The van der Waals surface area contributed by atoms with Gasteiger partial charge in [0.2, 0.25) is 0 Å². The molecule has 0 saturated carbocycles. The normalized spacial score (nSPS) is 18.8. The van der Waals surface area contributed by atoms with Crippen molar-refractivity contribution in [1.82, 2.24) is 15.1 Å². The second-order valence-corrected chi connectivity index (χ2v) is 6.98. The molecule has 5 nitrogen and oxygen atoms in total. The molecule has 2 aromatic carbocycles. The standard InChI is InChI=1S/C22H19F2N3O2/c1-2-11-27-18-13-26(12-14-3-7-16(23)8-4-14)21(28)19(18)20(25-22(27)29)15-5-9-17(24)10-6-15/h2-10,20H,1,11-13H2,(H,25,29). The summed E-state index contributed by atoms with van der Waals surface area (Å²) in [5.41, 5.74) is 2.48. The highest BCUT2D eigenvalue weighted by molar-refractivity contribution is 6.01. The van der Waals surface area contributed by atoms with Crippen molar-refractivity contribution in [2.24, 2.45) is 0 Å². The van der Waals surface area contributed by atoms with Crippen molar-refractivity contribution in [3.63, 3.8) is 0 Å². The number of hydrogen-bond donors (Lipinski definition) is 1. The Kier molecular flexibility index (Phi) is 4.88. The molecule has 4 rings (SSSR count). The predicted octanol–water partition coefficient (Wildman–Crippen LogP) is 3.51. The maximum atomic E-state index is 13.3. The summed E-state index contributed by atoms with van der Waals surface area (Å²) < 4.78 is 26.5. The molecule has 0 spiro atoms. The topological polar surface area (TPSA) is 52.7 Å². The molecule has 2 aliphatic rings. The number of rotatable bonds is 5. The summed E-state index contributed by atoms with van der Waals surface area (Å²) in [5, 5.41) is 2.84. The van der Waals surface area contributed by atoms with Crippen molar-refractivity contribution in [2.45, 2.75) is 12.6 Å². The second kappa shape index (κ2) is 7.50. The van der Waals surface area contributed by atoms with E-state index < -0.39 is 11.9 Å². The molecule has 29 heavy (non-hydrogen) atoms. The Morgan fingerprint density at radius 3 is 2.28 bits per heavy atom. The molecule has 0 aromatic heterocycles. The number of hydrogen-bond acceptors (Lipinski definition) is 2. The van der Waals surface area contributed by atoms with Crippen LogP contribution in [0.25, 0.3) is 0 Å². The van der Waals surface area contributed by atoms with Gasteiger partial charge in [-0.1, -0.05) is 30.3 Å². The molecule has 2 aliphatic heterocycles. The van der Waals surface area contributed by atoms with E-state index >= 15 is 0 Å². The quantitative estimate of drug-likeness (QED) is 0.788. The SMILES string of the molecule is C=CCN1C(=O)NC(c2ccc(F)cc2)C2=C1CN(Cc1ccc(F)cc1)C2=O. The third-order valence-corrected chi connectivity index (χ3v) is 5.10. The van der Waals surface area contributed by atoms with E-state index in [1.165, 1.54) is 29.2 Å². The van der Waals surface area contributed by atoms with Crippen molar-refractivity contribution in [1.29, 1.82) is 0 Å². The summed E-state index contributed by atoms with van der Waals surface area (Å²) in [4.78, 5) is 29.0. The van der Waals surface area contributed by atoms with Gasteiger partial charge < -0.3 is 10.2 Å². The van der Waals surface area contributed by atoms with Gasteiger partial charge in [-0.3, -0.25) is 9.69 Å². The lowest BCUT2D eigenvalue weighted by Gasteiger charge is -2.33. The van der Waals surface area contributed by atoms with Gasteiger partial charge >= 0.3 is 6.03 Å². The third-order valence-electron chi connectivity index (χ3n) is 5.10. The lowest BCUT2D eigenvalue weighted by molar-refractivity contribution is -0.126. The van der Waals surface area contributed by atoms with Crippen LogP contribution in [0.5, 0.6) is 0 Å². The van der Waals surface area contributed by atoms with E-state index in [-0.39, 0.29) is 30.8 Å². The minimum Gasteiger partial charge on any atom is -0.329 e. The number of amides is 3.